The molecular formula is C29H38N8O10S2. The molecule has 2 amide bonds. The number of hydrogen-bond donors (Lipinski definition) is 6. The Morgan fingerprint density at radius 1 is 1.27 bits per heavy atom. The first-order chi connectivity index (χ1) is 22.9. The minimum Gasteiger partial charge on any atom is -0.485 e. The number of hydrogen-bond acceptors (Lipinski definition) is 14. The number of amidine groups is 1. The summed E-state index contributed by atoms with van der Waals surface area (Å²) in [4.78, 5) is 53.0. The summed E-state index contributed by atoms with van der Waals surface area (Å²) in [5, 5.41) is 18.4. The maximum atomic E-state index is 13.5. The molecule has 1 aromatic carbocycles. The van der Waals surface area contributed by atoms with Gasteiger partial charge in [0.2, 0.25) is 0 Å². The van der Waals surface area contributed by atoms with E-state index in [4.69, 9.17) is 31.3 Å². The van der Waals surface area contributed by atoms with Crippen molar-refractivity contribution >= 4 is 56.2 Å². The number of hydroxylamine groups is 2. The Hall–Kier alpha value is -4.37. The number of aliphatic imine (C=N–C) groups is 1. The number of oxime groups is 1. The molecule has 2 fully saturated rings. The van der Waals surface area contributed by atoms with Gasteiger partial charge in [0, 0.05) is 17.0 Å². The van der Waals surface area contributed by atoms with Crippen LogP contribution < -0.4 is 27.3 Å². The number of β-lactam (4-membered cyclic amide) rings is 1. The number of aryl methyl sites for hydroxylation is 1. The van der Waals surface area contributed by atoms with Gasteiger partial charge in [0.05, 0.1) is 11.6 Å². The number of carboxylic acids is 1. The molecular weight excluding hydrogens is 684 g/mol. The summed E-state index contributed by atoms with van der Waals surface area (Å²) < 4.78 is 41.8. The van der Waals surface area contributed by atoms with E-state index >= 15 is 0 Å². The minimum absolute atomic E-state index is 0.0524. The van der Waals surface area contributed by atoms with Crippen LogP contribution in [-0.4, -0.2) is 92.8 Å². The molecule has 0 bridgehead atoms. The molecule has 266 valence electrons. The van der Waals surface area contributed by atoms with Gasteiger partial charge in [-0.25, -0.2) is 9.78 Å². The number of anilines is 1. The lowest BCUT2D eigenvalue weighted by Crippen LogP contribution is -2.76. The number of amides is 2. The number of fused-ring (bicyclic) bond motifs is 1. The maximum absolute atomic E-state index is 13.5. The van der Waals surface area contributed by atoms with Crippen LogP contribution >= 0.6 is 11.3 Å². The van der Waals surface area contributed by atoms with Crippen molar-refractivity contribution in [1.82, 2.24) is 15.4 Å². The van der Waals surface area contributed by atoms with E-state index in [0.29, 0.717) is 28.6 Å². The highest BCUT2D eigenvalue weighted by Gasteiger charge is 2.58. The molecule has 2 aliphatic heterocycles. The van der Waals surface area contributed by atoms with Crippen molar-refractivity contribution in [2.45, 2.75) is 94.7 Å². The van der Waals surface area contributed by atoms with Crippen LogP contribution in [0.25, 0.3) is 0 Å². The van der Waals surface area contributed by atoms with Gasteiger partial charge in [-0.2, -0.15) is 13.5 Å². The van der Waals surface area contributed by atoms with Gasteiger partial charge in [-0.1, -0.05) is 5.16 Å². The van der Waals surface area contributed by atoms with E-state index in [2.05, 4.69) is 24.7 Å². The zero-order valence-corrected chi connectivity index (χ0v) is 28.5. The van der Waals surface area contributed by atoms with Crippen LogP contribution in [0.1, 0.15) is 69.7 Å². The predicted octanol–water partition coefficient (Wildman–Crippen LogP) is 0.498. The molecule has 18 nitrogen and oxygen atoms in total. The summed E-state index contributed by atoms with van der Waals surface area (Å²) in [6.07, 6.45) is 3.19. The van der Waals surface area contributed by atoms with Gasteiger partial charge in [-0.3, -0.25) is 19.1 Å². The SMILES string of the molecule is CC1(C)[C@H](NC(=O)/C(=N\O[C@](C)(C(=O)O)[C@H]2CCc3cc(C(N)=N[C@H]4CCC[C@@H](N)C4)ccc3O2)c2csc(N)n2)C(=O)N1OS(=O)(=O)O. The normalized spacial score (nSPS) is 25.3. The molecule has 1 saturated carbocycles. The first kappa shape index (κ1) is 35.9. The summed E-state index contributed by atoms with van der Waals surface area (Å²) in [5.41, 5.74) is 15.5. The summed E-state index contributed by atoms with van der Waals surface area (Å²) in [7, 11) is -5.03. The van der Waals surface area contributed by atoms with E-state index in [0.717, 1.165) is 42.6 Å². The number of carbonyl (C=O) groups is 3. The smallest absolute Gasteiger partial charge is 0.418 e. The largest absolute Gasteiger partial charge is 0.485 e. The van der Waals surface area contributed by atoms with E-state index < -0.39 is 57.2 Å². The average molecular weight is 723 g/mol. The summed E-state index contributed by atoms with van der Waals surface area (Å²) in [6, 6.07) is 4.09. The van der Waals surface area contributed by atoms with Crippen LogP contribution in [0.15, 0.2) is 33.7 Å². The zero-order valence-electron chi connectivity index (χ0n) is 26.9. The van der Waals surface area contributed by atoms with E-state index in [1.165, 1.54) is 26.2 Å². The molecule has 5 atom stereocenters. The highest BCUT2D eigenvalue weighted by atomic mass is 32.3. The Kier molecular flexibility index (Phi) is 9.90. The molecule has 3 heterocycles. The molecule has 20 heteroatoms. The van der Waals surface area contributed by atoms with Gasteiger partial charge in [-0.15, -0.1) is 15.6 Å². The molecule has 0 unspecified atom stereocenters. The summed E-state index contributed by atoms with van der Waals surface area (Å²) in [5.74, 6) is -2.65. The monoisotopic (exact) mass is 722 g/mol. The Balaban J connectivity index is 1.34. The number of carbonyl (C=O) groups excluding carboxylic acids is 2. The molecule has 1 aromatic heterocycles. The molecule has 2 aromatic rings. The van der Waals surface area contributed by atoms with Crippen molar-refractivity contribution < 1.29 is 46.3 Å². The number of aromatic nitrogens is 1. The van der Waals surface area contributed by atoms with E-state index in [1.807, 2.05) is 6.07 Å². The minimum atomic E-state index is -5.03. The molecule has 0 spiro atoms. The maximum Gasteiger partial charge on any atom is 0.418 e. The third-order valence-corrected chi connectivity index (χ3v) is 9.79. The number of rotatable bonds is 11. The van der Waals surface area contributed by atoms with Gasteiger partial charge >= 0.3 is 16.4 Å². The predicted molar refractivity (Wildman–Crippen MR) is 176 cm³/mol. The summed E-state index contributed by atoms with van der Waals surface area (Å²) >= 11 is 0.965. The van der Waals surface area contributed by atoms with Crippen LogP contribution in [0.2, 0.25) is 0 Å². The van der Waals surface area contributed by atoms with Crippen molar-refractivity contribution in [2.24, 2.45) is 21.6 Å². The third kappa shape index (κ3) is 7.62. The van der Waals surface area contributed by atoms with Gasteiger partial charge in [0.15, 0.2) is 16.9 Å². The van der Waals surface area contributed by atoms with Gasteiger partial charge < -0.3 is 37.2 Å². The second-order valence-corrected chi connectivity index (χ2v) is 14.7. The van der Waals surface area contributed by atoms with Crippen molar-refractivity contribution in [3.05, 3.63) is 40.4 Å². The number of benzene rings is 1. The number of aliphatic carboxylic acids is 1. The fourth-order valence-electron chi connectivity index (χ4n) is 5.92. The standard InChI is InChI=1S/C29H38N8O10S2/c1-28(2)22(25(39)37(28)47-49(42,43)44)35-24(38)21(18-13-48-27(32)34-18)36-46-29(3,26(40)41)20-10-8-14-11-15(7-9-19(14)45-20)23(31)33-17-6-4-5-16(30)12-17/h7,9,11,13,16-17,20,22H,4-6,8,10,12,30H2,1-3H3,(H2,31,33)(H2,32,34)(H,35,38)(H,40,41)(H,42,43,44)/b36-21-/t16-,17+,20-,22-,29+/m1/s1. The van der Waals surface area contributed by atoms with Crippen LogP contribution in [0.5, 0.6) is 5.75 Å². The highest BCUT2D eigenvalue weighted by molar-refractivity contribution is 7.80. The molecule has 5 rings (SSSR count). The Morgan fingerprint density at radius 2 is 2.00 bits per heavy atom. The molecule has 3 aliphatic rings. The van der Waals surface area contributed by atoms with Crippen LogP contribution in [0.3, 0.4) is 0 Å². The zero-order chi connectivity index (χ0) is 35.9. The van der Waals surface area contributed by atoms with E-state index in [1.54, 1.807) is 12.1 Å². The first-order valence-corrected chi connectivity index (χ1v) is 17.5. The number of nitrogens with zero attached hydrogens (tertiary/aromatic N) is 4. The van der Waals surface area contributed by atoms with Gasteiger partial charge in [-0.05, 0) is 83.1 Å². The van der Waals surface area contributed by atoms with E-state index in [9.17, 15) is 27.9 Å². The van der Waals surface area contributed by atoms with Crippen molar-refractivity contribution in [1.29, 1.82) is 0 Å². The molecule has 49 heavy (non-hydrogen) atoms. The highest BCUT2D eigenvalue weighted by Crippen LogP contribution is 2.35. The number of nitrogens with two attached hydrogens (primary N) is 3. The fraction of sp³-hybridized carbons (Fsp3) is 0.517. The Labute approximate surface area is 285 Å². The fourth-order valence-corrected chi connectivity index (χ4v) is 6.92. The van der Waals surface area contributed by atoms with Crippen LogP contribution in [0, 0.1) is 0 Å². The lowest BCUT2D eigenvalue weighted by molar-refractivity contribution is -0.218. The second kappa shape index (κ2) is 13.5. The quantitative estimate of drug-likeness (QED) is 0.0606. The molecule has 9 N–H and O–H groups in total. The molecule has 0 radical (unpaired) electrons. The Morgan fingerprint density at radius 3 is 2.61 bits per heavy atom. The molecule has 1 saturated heterocycles. The van der Waals surface area contributed by atoms with Crippen LogP contribution in [0.4, 0.5) is 5.13 Å². The van der Waals surface area contributed by atoms with E-state index in [-0.39, 0.29) is 29.3 Å². The average Bonchev–Trinajstić information content (AvgIpc) is 3.46. The van der Waals surface area contributed by atoms with Gasteiger partial charge in [0.1, 0.15) is 23.3 Å². The lowest BCUT2D eigenvalue weighted by Gasteiger charge is -2.50. The van der Waals surface area contributed by atoms with Crippen molar-refractivity contribution in [2.75, 3.05) is 5.73 Å². The Bertz CT molecular complexity index is 1810. The van der Waals surface area contributed by atoms with Crippen LogP contribution in [-0.2, 0) is 40.3 Å². The summed E-state index contributed by atoms with van der Waals surface area (Å²) in [6.45, 7) is 3.99. The second-order valence-electron chi connectivity index (χ2n) is 12.8. The number of carboxylic acid groups (broad SMARTS) is 1. The number of thiazole rings is 1. The van der Waals surface area contributed by atoms with Gasteiger partial charge in [0.25, 0.3) is 17.4 Å². The van der Waals surface area contributed by atoms with Crippen molar-refractivity contribution in [3.8, 4) is 5.75 Å². The number of nitrogens with one attached hydrogen (secondary N) is 1. The lowest BCUT2D eigenvalue weighted by atomic mass is 9.84. The van der Waals surface area contributed by atoms with Crippen molar-refractivity contribution in [3.63, 3.8) is 0 Å². The molecule has 1 aliphatic carbocycles. The topological polar surface area (TPSA) is 284 Å². The first-order valence-electron chi connectivity index (χ1n) is 15.3. The third-order valence-electron chi connectivity index (χ3n) is 8.78. The number of nitrogen functional groups attached to an aromatic ring is 1. The number of ether oxygens (including phenoxy) is 1.